The Morgan fingerprint density at radius 2 is 1.74 bits per heavy atom. The molecule has 0 aliphatic carbocycles. The minimum atomic E-state index is -0.0767. The quantitative estimate of drug-likeness (QED) is 0.284. The lowest BCUT2D eigenvalue weighted by Gasteiger charge is -2.34. The Morgan fingerprint density at radius 1 is 1.00 bits per heavy atom. The summed E-state index contributed by atoms with van der Waals surface area (Å²) in [6, 6.07) is 21.6. The summed E-state index contributed by atoms with van der Waals surface area (Å²) in [4.78, 5) is 17.4. The third-order valence-electron chi connectivity index (χ3n) is 7.06. The van der Waals surface area contributed by atoms with Gasteiger partial charge in [0.15, 0.2) is 5.76 Å². The summed E-state index contributed by atoms with van der Waals surface area (Å²) in [5.41, 5.74) is 5.59. The second-order valence-electron chi connectivity index (χ2n) is 9.62. The first-order chi connectivity index (χ1) is 18.5. The van der Waals surface area contributed by atoms with E-state index in [0.29, 0.717) is 24.6 Å². The Morgan fingerprint density at radius 3 is 2.50 bits per heavy atom. The molecule has 0 bridgehead atoms. The third-order valence-corrected chi connectivity index (χ3v) is 7.06. The number of furan rings is 1. The van der Waals surface area contributed by atoms with Crippen molar-refractivity contribution in [2.45, 2.75) is 33.4 Å². The molecule has 1 aliphatic heterocycles. The smallest absolute Gasteiger partial charge is 0.289 e. The van der Waals surface area contributed by atoms with Crippen LogP contribution in [0.1, 0.15) is 38.8 Å². The molecule has 0 N–H and O–H groups in total. The van der Waals surface area contributed by atoms with Crippen molar-refractivity contribution >= 4 is 5.91 Å². The van der Waals surface area contributed by atoms with Crippen LogP contribution in [0.25, 0.3) is 5.69 Å². The Hall–Kier alpha value is -4.10. The first kappa shape index (κ1) is 25.5. The van der Waals surface area contributed by atoms with Gasteiger partial charge >= 0.3 is 0 Å². The summed E-state index contributed by atoms with van der Waals surface area (Å²) in [5, 5.41) is 4.78. The number of allylic oxidation sites excluding steroid dienone is 1. The van der Waals surface area contributed by atoms with Gasteiger partial charge in [-0.2, -0.15) is 5.10 Å². The van der Waals surface area contributed by atoms with Gasteiger partial charge in [-0.05, 0) is 56.2 Å². The van der Waals surface area contributed by atoms with Gasteiger partial charge in [0.25, 0.3) is 5.91 Å². The fourth-order valence-electron chi connectivity index (χ4n) is 4.90. The summed E-state index contributed by atoms with van der Waals surface area (Å²) in [7, 11) is 0. The minimum Gasteiger partial charge on any atom is -0.485 e. The van der Waals surface area contributed by atoms with Crippen molar-refractivity contribution in [3.8, 4) is 11.4 Å². The van der Waals surface area contributed by atoms with Gasteiger partial charge in [0.1, 0.15) is 18.1 Å². The van der Waals surface area contributed by atoms with Crippen molar-refractivity contribution in [1.82, 2.24) is 19.6 Å². The summed E-state index contributed by atoms with van der Waals surface area (Å²) < 4.78 is 13.8. The van der Waals surface area contributed by atoms with Crippen LogP contribution in [0.2, 0.25) is 0 Å². The van der Waals surface area contributed by atoms with E-state index in [0.717, 1.165) is 54.4 Å². The largest absolute Gasteiger partial charge is 0.485 e. The number of aromatic nitrogens is 2. The van der Waals surface area contributed by atoms with Gasteiger partial charge < -0.3 is 14.1 Å². The average molecular weight is 511 g/mol. The Balaban J connectivity index is 1.15. The number of rotatable bonds is 9. The van der Waals surface area contributed by atoms with E-state index in [9.17, 15) is 4.79 Å². The van der Waals surface area contributed by atoms with Crippen LogP contribution in [0.3, 0.4) is 0 Å². The number of aryl methyl sites for hydroxylation is 1. The van der Waals surface area contributed by atoms with Crippen molar-refractivity contribution < 1.29 is 13.9 Å². The molecule has 5 rings (SSSR count). The number of hydrogen-bond donors (Lipinski definition) is 0. The van der Waals surface area contributed by atoms with Crippen LogP contribution in [0.4, 0.5) is 0 Å². The maximum absolute atomic E-state index is 13.1. The lowest BCUT2D eigenvalue weighted by molar-refractivity contribution is 0.0593. The summed E-state index contributed by atoms with van der Waals surface area (Å²) in [6.07, 6.45) is 2.59. The van der Waals surface area contributed by atoms with Crippen LogP contribution in [0.5, 0.6) is 5.75 Å². The van der Waals surface area contributed by atoms with Crippen molar-refractivity contribution in [3.63, 3.8) is 0 Å². The van der Waals surface area contributed by atoms with Crippen molar-refractivity contribution in [3.05, 3.63) is 113 Å². The van der Waals surface area contributed by atoms with E-state index in [1.165, 1.54) is 5.56 Å². The highest BCUT2D eigenvalue weighted by molar-refractivity contribution is 5.91. The predicted molar refractivity (Wildman–Crippen MR) is 148 cm³/mol. The summed E-state index contributed by atoms with van der Waals surface area (Å²) >= 11 is 0. The number of hydrogen-bond acceptors (Lipinski definition) is 5. The normalized spacial score (nSPS) is 14.0. The SMILES string of the molecule is C=CCc1ccccc1OCc1ccc(C(=O)N2CCN(Cc3c(C)nn(-c4ccccc4)c3C)CC2)o1. The molecule has 2 aromatic heterocycles. The van der Waals surface area contributed by atoms with Crippen LogP contribution < -0.4 is 4.74 Å². The van der Waals surface area contributed by atoms with Gasteiger partial charge in [0, 0.05) is 44.0 Å². The number of carbonyl (C=O) groups excluding carboxylic acids is 1. The maximum atomic E-state index is 13.1. The molecule has 38 heavy (non-hydrogen) atoms. The minimum absolute atomic E-state index is 0.0767. The Labute approximate surface area is 223 Å². The molecule has 0 unspecified atom stereocenters. The monoisotopic (exact) mass is 510 g/mol. The molecule has 1 saturated heterocycles. The first-order valence-electron chi connectivity index (χ1n) is 13.1. The number of benzene rings is 2. The van der Waals surface area contributed by atoms with E-state index in [1.807, 2.05) is 64.2 Å². The Bertz CT molecular complexity index is 1400. The zero-order chi connectivity index (χ0) is 26.5. The summed E-state index contributed by atoms with van der Waals surface area (Å²) in [6.45, 7) is 12.0. The molecular formula is C31H34N4O3. The topological polar surface area (TPSA) is 63.7 Å². The first-order valence-corrected chi connectivity index (χ1v) is 13.1. The molecule has 2 aromatic carbocycles. The van der Waals surface area contributed by atoms with E-state index in [-0.39, 0.29) is 12.5 Å². The number of carbonyl (C=O) groups is 1. The second-order valence-corrected chi connectivity index (χ2v) is 9.62. The van der Waals surface area contributed by atoms with E-state index in [1.54, 1.807) is 6.07 Å². The Kier molecular flexibility index (Phi) is 7.75. The number of para-hydroxylation sites is 2. The lowest BCUT2D eigenvalue weighted by Crippen LogP contribution is -2.48. The summed E-state index contributed by atoms with van der Waals surface area (Å²) in [5.74, 6) is 1.70. The van der Waals surface area contributed by atoms with Crippen LogP contribution in [0, 0.1) is 13.8 Å². The van der Waals surface area contributed by atoms with Gasteiger partial charge in [0.2, 0.25) is 0 Å². The number of amides is 1. The van der Waals surface area contributed by atoms with Crippen LogP contribution in [-0.2, 0) is 19.6 Å². The molecule has 3 heterocycles. The third kappa shape index (κ3) is 5.58. The number of ether oxygens (including phenoxy) is 1. The van der Waals surface area contributed by atoms with Crippen molar-refractivity contribution in [1.29, 1.82) is 0 Å². The highest BCUT2D eigenvalue weighted by atomic mass is 16.5. The molecule has 0 atom stereocenters. The molecule has 196 valence electrons. The molecule has 1 amide bonds. The van der Waals surface area contributed by atoms with Gasteiger partial charge in [-0.3, -0.25) is 9.69 Å². The molecule has 1 aliphatic rings. The lowest BCUT2D eigenvalue weighted by atomic mass is 10.1. The molecule has 0 saturated carbocycles. The molecule has 7 heteroatoms. The van der Waals surface area contributed by atoms with E-state index in [2.05, 4.69) is 37.5 Å². The fourth-order valence-corrected chi connectivity index (χ4v) is 4.90. The zero-order valence-electron chi connectivity index (χ0n) is 22.1. The van der Waals surface area contributed by atoms with Gasteiger partial charge in [-0.15, -0.1) is 6.58 Å². The average Bonchev–Trinajstić information content (AvgIpc) is 3.53. The number of piperazine rings is 1. The van der Waals surface area contributed by atoms with Crippen LogP contribution in [0.15, 0.2) is 83.8 Å². The van der Waals surface area contributed by atoms with Crippen LogP contribution in [-0.4, -0.2) is 51.7 Å². The van der Waals surface area contributed by atoms with Gasteiger partial charge in [-0.1, -0.05) is 42.5 Å². The van der Waals surface area contributed by atoms with E-state index >= 15 is 0 Å². The van der Waals surface area contributed by atoms with Crippen molar-refractivity contribution in [2.24, 2.45) is 0 Å². The fraction of sp³-hybridized carbons (Fsp3) is 0.290. The maximum Gasteiger partial charge on any atom is 0.289 e. The number of nitrogens with zero attached hydrogens (tertiary/aromatic N) is 4. The predicted octanol–water partition coefficient (Wildman–Crippen LogP) is 5.35. The molecular weight excluding hydrogens is 476 g/mol. The molecule has 0 radical (unpaired) electrons. The highest BCUT2D eigenvalue weighted by Crippen LogP contribution is 2.23. The molecule has 1 fully saturated rings. The second kappa shape index (κ2) is 11.5. The molecule has 7 nitrogen and oxygen atoms in total. The van der Waals surface area contributed by atoms with Crippen molar-refractivity contribution in [2.75, 3.05) is 26.2 Å². The van der Waals surface area contributed by atoms with E-state index < -0.39 is 0 Å². The van der Waals surface area contributed by atoms with E-state index in [4.69, 9.17) is 14.3 Å². The van der Waals surface area contributed by atoms with Gasteiger partial charge in [0.05, 0.1) is 11.4 Å². The standard InChI is InChI=1S/C31H34N4O3/c1-4-10-25-11-8-9-14-29(25)37-22-27-15-16-30(38-27)31(36)34-19-17-33(18-20-34)21-28-23(2)32-35(24(28)3)26-12-6-5-7-13-26/h4-9,11-16H,1,10,17-22H2,2-3H3. The highest BCUT2D eigenvalue weighted by Gasteiger charge is 2.26. The molecule has 4 aromatic rings. The zero-order valence-corrected chi connectivity index (χ0v) is 22.1. The van der Waals surface area contributed by atoms with Gasteiger partial charge in [-0.25, -0.2) is 4.68 Å². The molecule has 0 spiro atoms. The van der Waals surface area contributed by atoms with Crippen LogP contribution >= 0.6 is 0 Å².